The number of ketones is 2. The van der Waals surface area contributed by atoms with Crippen molar-refractivity contribution < 1.29 is 49.7 Å². The Morgan fingerprint density at radius 2 is 1.70 bits per heavy atom. The van der Waals surface area contributed by atoms with E-state index in [2.05, 4.69) is 0 Å². The average molecular weight is 516 g/mol. The molecule has 2 aliphatic carbocycles. The van der Waals surface area contributed by atoms with Crippen molar-refractivity contribution in [3.63, 3.8) is 0 Å². The van der Waals surface area contributed by atoms with E-state index >= 15 is 0 Å². The summed E-state index contributed by atoms with van der Waals surface area (Å²) in [4.78, 5) is 26.7. The number of aliphatic hydroxyl groups is 3. The molecule has 0 radical (unpaired) electrons. The Kier molecular flexibility index (Phi) is 6.06. The third-order valence-electron chi connectivity index (χ3n) is 7.77. The molecule has 1 heterocycles. The van der Waals surface area contributed by atoms with Gasteiger partial charge in [0.1, 0.15) is 23.4 Å². The van der Waals surface area contributed by atoms with Gasteiger partial charge in [0.2, 0.25) is 5.78 Å². The van der Waals surface area contributed by atoms with E-state index in [4.69, 9.17) is 15.2 Å². The molecule has 7 atom stereocenters. The molecule has 0 amide bonds. The number of ether oxygens (including phenoxy) is 2. The molecule has 11 heteroatoms. The maximum absolute atomic E-state index is 13.4. The van der Waals surface area contributed by atoms with Crippen LogP contribution in [0.4, 0.5) is 0 Å². The highest BCUT2D eigenvalue weighted by Crippen LogP contribution is 2.56. The van der Waals surface area contributed by atoms with E-state index in [-0.39, 0.29) is 41.5 Å². The molecular formula is C26H29NO10. The fraction of sp³-hybridized carbons (Fsp3) is 0.462. The van der Waals surface area contributed by atoms with Crippen molar-refractivity contribution in [1.29, 1.82) is 0 Å². The molecule has 1 saturated heterocycles. The predicted octanol–water partition coefficient (Wildman–Crippen LogP) is 1.04. The average Bonchev–Trinajstić information content (AvgIpc) is 2.84. The maximum atomic E-state index is 13.4. The van der Waals surface area contributed by atoms with Crippen molar-refractivity contribution >= 4 is 11.6 Å². The fourth-order valence-electron chi connectivity index (χ4n) is 5.70. The number of fused-ring (bicyclic) bond motifs is 3. The van der Waals surface area contributed by atoms with E-state index in [1.54, 1.807) is 13.8 Å². The Morgan fingerprint density at radius 3 is 2.35 bits per heavy atom. The number of hydrogen-bond donors (Lipinski definition) is 7. The van der Waals surface area contributed by atoms with Gasteiger partial charge in [-0.2, -0.15) is 0 Å². The van der Waals surface area contributed by atoms with Gasteiger partial charge >= 0.3 is 0 Å². The van der Waals surface area contributed by atoms with Crippen molar-refractivity contribution in [1.82, 2.24) is 0 Å². The first-order valence-corrected chi connectivity index (χ1v) is 12.1. The molecule has 11 nitrogen and oxygen atoms in total. The first-order valence-electron chi connectivity index (χ1n) is 12.1. The molecule has 2 aromatic rings. The molecule has 0 spiro atoms. The minimum atomic E-state index is -1.77. The van der Waals surface area contributed by atoms with Gasteiger partial charge in [0.25, 0.3) is 0 Å². The Bertz CT molecular complexity index is 1300. The molecule has 37 heavy (non-hydrogen) atoms. The van der Waals surface area contributed by atoms with Gasteiger partial charge in [-0.15, -0.1) is 0 Å². The first kappa shape index (κ1) is 25.6. The Hall–Kier alpha value is -3.06. The molecule has 0 bridgehead atoms. The predicted molar refractivity (Wildman–Crippen MR) is 126 cm³/mol. The van der Waals surface area contributed by atoms with Crippen LogP contribution in [0.1, 0.15) is 88.3 Å². The van der Waals surface area contributed by atoms with Gasteiger partial charge in [-0.3, -0.25) is 9.59 Å². The summed E-state index contributed by atoms with van der Waals surface area (Å²) < 4.78 is 11.8. The third-order valence-corrected chi connectivity index (χ3v) is 7.77. The van der Waals surface area contributed by atoms with Gasteiger partial charge in [0.15, 0.2) is 12.1 Å². The van der Waals surface area contributed by atoms with E-state index in [1.165, 1.54) is 18.2 Å². The summed E-state index contributed by atoms with van der Waals surface area (Å²) in [5, 5.41) is 65.5. The second-order valence-electron chi connectivity index (χ2n) is 9.99. The van der Waals surface area contributed by atoms with Crippen molar-refractivity contribution in [3.8, 4) is 17.2 Å². The molecule has 2 aromatic carbocycles. The summed E-state index contributed by atoms with van der Waals surface area (Å²) in [6.07, 6.45) is -5.85. The Labute approximate surface area is 211 Å². The van der Waals surface area contributed by atoms with Crippen molar-refractivity contribution in [2.24, 2.45) is 5.73 Å². The molecule has 0 aromatic heterocycles. The standard InChI is InChI=1S/C26H29NO10/c1-3-26(35)8-13(29)16-19(25(26)37-14-7-11(27)20(30)9(2)36-14)24(34)17-18(23(16)33)22(32)15-10(21(17)31)5-4-6-12(15)28/h4-6,9,11,13-14,20,25,28-30,33-35H,3,7-8,27H2,1-2H3/t9-,11-,13+,14+,20+,25-,26-/m1/s1. The van der Waals surface area contributed by atoms with Crippen LogP contribution < -0.4 is 5.73 Å². The SMILES string of the molecule is CC[C@@]1(O)C[C@H](O)c2c(O)c3c(c(O)c2[C@H]1O[C@H]1C[C@@H](N)[C@@H](O)[C@@H](C)O1)C(=O)c1cccc(O)c1C3=O. The highest BCUT2D eigenvalue weighted by atomic mass is 16.7. The van der Waals surface area contributed by atoms with Crippen LogP contribution in [-0.4, -0.2) is 72.3 Å². The normalized spacial score (nSPS) is 33.0. The van der Waals surface area contributed by atoms with E-state index in [1.807, 2.05) is 0 Å². The second-order valence-corrected chi connectivity index (χ2v) is 9.99. The molecule has 198 valence electrons. The molecule has 8 N–H and O–H groups in total. The summed E-state index contributed by atoms with van der Waals surface area (Å²) in [5.74, 6) is -3.69. The van der Waals surface area contributed by atoms with Crippen molar-refractivity contribution in [2.45, 2.75) is 75.5 Å². The summed E-state index contributed by atoms with van der Waals surface area (Å²) in [6, 6.07) is 3.19. The van der Waals surface area contributed by atoms with Gasteiger partial charge in [-0.05, 0) is 19.4 Å². The molecule has 1 aliphatic heterocycles. The summed E-state index contributed by atoms with van der Waals surface area (Å²) in [6.45, 7) is 3.23. The zero-order chi connectivity index (χ0) is 27.0. The van der Waals surface area contributed by atoms with Crippen LogP contribution in [0.5, 0.6) is 17.2 Å². The molecule has 3 aliphatic rings. The highest BCUT2D eigenvalue weighted by Gasteiger charge is 2.52. The smallest absolute Gasteiger partial charge is 0.202 e. The van der Waals surface area contributed by atoms with Gasteiger partial charge in [0.05, 0.1) is 40.6 Å². The lowest BCUT2D eigenvalue weighted by Gasteiger charge is -2.46. The molecule has 5 rings (SSSR count). The number of phenols is 3. The fourth-order valence-corrected chi connectivity index (χ4v) is 5.70. The van der Waals surface area contributed by atoms with Crippen LogP contribution in [0.2, 0.25) is 0 Å². The molecular weight excluding hydrogens is 486 g/mol. The third kappa shape index (κ3) is 3.65. The number of carbonyl (C=O) groups is 2. The maximum Gasteiger partial charge on any atom is 0.202 e. The largest absolute Gasteiger partial charge is 0.507 e. The summed E-state index contributed by atoms with van der Waals surface area (Å²) in [7, 11) is 0. The molecule has 0 saturated carbocycles. The number of phenolic OH excluding ortho intramolecular Hbond substituents is 3. The lowest BCUT2D eigenvalue weighted by molar-refractivity contribution is -0.272. The van der Waals surface area contributed by atoms with Gasteiger partial charge in [-0.25, -0.2) is 0 Å². The van der Waals surface area contributed by atoms with E-state index in [0.29, 0.717) is 0 Å². The number of aliphatic hydroxyl groups excluding tert-OH is 2. The highest BCUT2D eigenvalue weighted by molar-refractivity contribution is 6.31. The van der Waals surface area contributed by atoms with Crippen LogP contribution in [-0.2, 0) is 9.47 Å². The quantitative estimate of drug-likeness (QED) is 0.246. The first-order chi connectivity index (χ1) is 17.4. The number of carbonyl (C=O) groups excluding carboxylic acids is 2. The Morgan fingerprint density at radius 1 is 1.05 bits per heavy atom. The van der Waals surface area contributed by atoms with E-state index in [0.717, 1.165) is 0 Å². The van der Waals surface area contributed by atoms with E-state index in [9.17, 15) is 40.2 Å². The van der Waals surface area contributed by atoms with Crippen LogP contribution in [0.15, 0.2) is 18.2 Å². The minimum Gasteiger partial charge on any atom is -0.507 e. The Balaban J connectivity index is 1.70. The topological polar surface area (TPSA) is 200 Å². The van der Waals surface area contributed by atoms with Gasteiger partial charge in [0, 0.05) is 35.6 Å². The van der Waals surface area contributed by atoms with Crippen molar-refractivity contribution in [2.75, 3.05) is 0 Å². The zero-order valence-electron chi connectivity index (χ0n) is 20.2. The number of hydrogen-bond acceptors (Lipinski definition) is 11. The van der Waals surface area contributed by atoms with Crippen LogP contribution in [0, 0.1) is 0 Å². The van der Waals surface area contributed by atoms with Crippen LogP contribution >= 0.6 is 0 Å². The monoisotopic (exact) mass is 515 g/mol. The van der Waals surface area contributed by atoms with Crippen molar-refractivity contribution in [3.05, 3.63) is 51.6 Å². The number of aromatic hydroxyl groups is 3. The number of rotatable bonds is 3. The summed E-state index contributed by atoms with van der Waals surface area (Å²) >= 11 is 0. The number of benzene rings is 2. The zero-order valence-corrected chi connectivity index (χ0v) is 20.2. The second kappa shape index (κ2) is 8.76. The summed E-state index contributed by atoms with van der Waals surface area (Å²) in [5.41, 5.74) is 2.15. The van der Waals surface area contributed by atoms with Crippen LogP contribution in [0.3, 0.4) is 0 Å². The van der Waals surface area contributed by atoms with E-state index < -0.39 is 82.3 Å². The van der Waals surface area contributed by atoms with Crippen LogP contribution in [0.25, 0.3) is 0 Å². The molecule has 0 unspecified atom stereocenters. The number of nitrogens with two attached hydrogens (primary N) is 1. The minimum absolute atomic E-state index is 0.0431. The lowest BCUT2D eigenvalue weighted by atomic mass is 9.70. The van der Waals surface area contributed by atoms with Gasteiger partial charge in [-0.1, -0.05) is 19.1 Å². The molecule has 1 fully saturated rings. The van der Waals surface area contributed by atoms with Gasteiger partial charge < -0.3 is 45.8 Å². The lowest BCUT2D eigenvalue weighted by Crippen LogP contribution is -2.53.